The fourth-order valence-electron chi connectivity index (χ4n) is 2.82. The molecule has 1 heterocycles. The van der Waals surface area contributed by atoms with Crippen molar-refractivity contribution >= 4 is 23.4 Å². The Balaban J connectivity index is 2.08. The fraction of sp³-hybridized carbons (Fsp3) is 0.500. The predicted molar refractivity (Wildman–Crippen MR) is 83.3 cm³/mol. The number of hydrogen-bond donors (Lipinski definition) is 1. The van der Waals surface area contributed by atoms with Gasteiger partial charge in [-0.25, -0.2) is 0 Å². The van der Waals surface area contributed by atoms with E-state index >= 15 is 0 Å². The summed E-state index contributed by atoms with van der Waals surface area (Å²) in [5, 5.41) is 2.17. The summed E-state index contributed by atoms with van der Waals surface area (Å²) >= 11 is 5.81. The molecule has 0 aliphatic carbocycles. The highest BCUT2D eigenvalue weighted by molar-refractivity contribution is 6.32. The molecule has 1 fully saturated rings. The van der Waals surface area contributed by atoms with E-state index in [-0.39, 0.29) is 23.9 Å². The highest BCUT2D eigenvalue weighted by Crippen LogP contribution is 2.36. The van der Waals surface area contributed by atoms with E-state index in [2.05, 4.69) is 5.32 Å². The minimum atomic E-state index is -4.55. The van der Waals surface area contributed by atoms with Gasteiger partial charge < -0.3 is 10.2 Å². The molecule has 0 saturated carbocycles. The van der Waals surface area contributed by atoms with Crippen molar-refractivity contribution in [1.29, 1.82) is 0 Å². The molecule has 2 amide bonds. The molecule has 2 rings (SSSR count). The molecule has 0 unspecified atom stereocenters. The minimum absolute atomic E-state index is 0.0824. The van der Waals surface area contributed by atoms with Crippen LogP contribution in [0.5, 0.6) is 0 Å². The van der Waals surface area contributed by atoms with Crippen LogP contribution in [0.2, 0.25) is 5.02 Å². The van der Waals surface area contributed by atoms with Gasteiger partial charge in [-0.15, -0.1) is 0 Å². The zero-order chi connectivity index (χ0) is 17.9. The lowest BCUT2D eigenvalue weighted by molar-refractivity contribution is -0.143. The van der Waals surface area contributed by atoms with E-state index in [9.17, 15) is 22.8 Å². The lowest BCUT2D eigenvalue weighted by atomic mass is 10.0. The van der Waals surface area contributed by atoms with Gasteiger partial charge in [0.1, 0.15) is 6.04 Å². The first-order valence-corrected chi connectivity index (χ1v) is 8.05. The summed E-state index contributed by atoms with van der Waals surface area (Å²) in [5.74, 6) is -0.459. The maximum absolute atomic E-state index is 12.8. The lowest BCUT2D eigenvalue weighted by Crippen LogP contribution is -2.51. The van der Waals surface area contributed by atoms with Gasteiger partial charge in [-0.3, -0.25) is 9.59 Å². The van der Waals surface area contributed by atoms with Crippen molar-refractivity contribution in [3.63, 3.8) is 0 Å². The number of rotatable bonds is 4. The van der Waals surface area contributed by atoms with E-state index in [0.717, 1.165) is 6.07 Å². The highest BCUT2D eigenvalue weighted by Gasteiger charge is 2.34. The third kappa shape index (κ3) is 4.01. The molecule has 0 radical (unpaired) electrons. The number of nitrogens with zero attached hydrogens (tertiary/aromatic N) is 1. The summed E-state index contributed by atoms with van der Waals surface area (Å²) in [6.07, 6.45) is -2.97. The van der Waals surface area contributed by atoms with E-state index in [4.69, 9.17) is 11.6 Å². The number of halogens is 4. The first-order valence-electron chi connectivity index (χ1n) is 7.67. The van der Waals surface area contributed by atoms with Gasteiger partial charge in [-0.2, -0.15) is 13.2 Å². The maximum Gasteiger partial charge on any atom is 0.417 e. The summed E-state index contributed by atoms with van der Waals surface area (Å²) in [4.78, 5) is 25.6. The zero-order valence-electron chi connectivity index (χ0n) is 13.1. The van der Waals surface area contributed by atoms with Crippen molar-refractivity contribution in [3.8, 4) is 0 Å². The molecule has 24 heavy (non-hydrogen) atoms. The van der Waals surface area contributed by atoms with Crippen LogP contribution in [0.1, 0.15) is 37.3 Å². The van der Waals surface area contributed by atoms with Crippen LogP contribution in [0.4, 0.5) is 13.2 Å². The number of piperidine rings is 1. The summed E-state index contributed by atoms with van der Waals surface area (Å²) in [7, 11) is 0. The lowest BCUT2D eigenvalue weighted by Gasteiger charge is -2.33. The number of alkyl halides is 3. The molecule has 4 nitrogen and oxygen atoms in total. The average molecular weight is 363 g/mol. The van der Waals surface area contributed by atoms with Crippen molar-refractivity contribution in [2.45, 2.75) is 44.9 Å². The van der Waals surface area contributed by atoms with Crippen molar-refractivity contribution in [2.24, 2.45) is 0 Å². The summed E-state index contributed by atoms with van der Waals surface area (Å²) in [5.41, 5.74) is -0.746. The van der Waals surface area contributed by atoms with Crippen molar-refractivity contribution in [2.75, 3.05) is 6.54 Å². The van der Waals surface area contributed by atoms with Crippen LogP contribution < -0.4 is 5.32 Å². The fourth-order valence-corrected chi connectivity index (χ4v) is 3.12. The molecule has 1 aliphatic rings. The topological polar surface area (TPSA) is 49.4 Å². The third-order valence-corrected chi connectivity index (χ3v) is 4.49. The van der Waals surface area contributed by atoms with Gasteiger partial charge in [0.05, 0.1) is 10.6 Å². The Morgan fingerprint density at radius 3 is 2.75 bits per heavy atom. The number of carbonyl (C=O) groups is 2. The SMILES string of the molecule is CCN1C(=O)CCC[C@H]1C(=O)NCc1cccc(C(F)(F)F)c1Cl. The van der Waals surface area contributed by atoms with E-state index in [1.165, 1.54) is 17.0 Å². The van der Waals surface area contributed by atoms with Gasteiger partial charge in [-0.1, -0.05) is 23.7 Å². The summed E-state index contributed by atoms with van der Waals surface area (Å²) in [6.45, 7) is 2.08. The maximum atomic E-state index is 12.8. The second-order valence-corrected chi connectivity index (χ2v) is 5.96. The standard InChI is InChI=1S/C16H18ClF3N2O2/c1-2-22-12(7-4-8-13(22)23)15(24)21-9-10-5-3-6-11(14(10)17)16(18,19)20/h3,5-6,12H,2,4,7-9H2,1H3,(H,21,24)/t12-/m0/s1. The third-order valence-electron chi connectivity index (χ3n) is 4.05. The first-order chi connectivity index (χ1) is 11.3. The number of likely N-dealkylation sites (N-methyl/N-ethyl adjacent to an activating group) is 1. The molecule has 1 aromatic rings. The van der Waals surface area contributed by atoms with Crippen LogP contribution in [0.15, 0.2) is 18.2 Å². The molecule has 1 N–H and O–H groups in total. The molecule has 1 saturated heterocycles. The van der Waals surface area contributed by atoms with Gasteiger partial charge in [0, 0.05) is 19.5 Å². The number of hydrogen-bond acceptors (Lipinski definition) is 2. The normalized spacial score (nSPS) is 18.6. The molecule has 132 valence electrons. The smallest absolute Gasteiger partial charge is 0.350 e. The molecule has 0 bridgehead atoms. The minimum Gasteiger partial charge on any atom is -0.350 e. The van der Waals surface area contributed by atoms with Gasteiger partial charge in [-0.05, 0) is 31.4 Å². The molecule has 1 atom stereocenters. The van der Waals surface area contributed by atoms with Crippen molar-refractivity contribution in [1.82, 2.24) is 10.2 Å². The molecule has 8 heteroatoms. The molecule has 0 aromatic heterocycles. The van der Waals surface area contributed by atoms with Gasteiger partial charge >= 0.3 is 6.18 Å². The first kappa shape index (κ1) is 18.6. The number of carbonyl (C=O) groups excluding carboxylic acids is 2. The van der Waals surface area contributed by atoms with Crippen LogP contribution in [-0.4, -0.2) is 29.3 Å². The quantitative estimate of drug-likeness (QED) is 0.892. The van der Waals surface area contributed by atoms with E-state index in [1.54, 1.807) is 6.92 Å². The van der Waals surface area contributed by atoms with E-state index < -0.39 is 22.8 Å². The van der Waals surface area contributed by atoms with Gasteiger partial charge in [0.2, 0.25) is 11.8 Å². The van der Waals surface area contributed by atoms with Crippen molar-refractivity contribution < 1.29 is 22.8 Å². The van der Waals surface area contributed by atoms with Crippen LogP contribution in [0.3, 0.4) is 0 Å². The Kier molecular flexibility index (Phi) is 5.74. The highest BCUT2D eigenvalue weighted by atomic mass is 35.5. The van der Waals surface area contributed by atoms with E-state index in [1.807, 2.05) is 0 Å². The summed E-state index contributed by atoms with van der Waals surface area (Å²) < 4.78 is 38.5. The Hall–Kier alpha value is -1.76. The Bertz CT molecular complexity index is 634. The monoisotopic (exact) mass is 362 g/mol. The molecule has 1 aliphatic heterocycles. The number of likely N-dealkylation sites (tertiary alicyclic amines) is 1. The molecular weight excluding hydrogens is 345 g/mol. The number of amides is 2. The second-order valence-electron chi connectivity index (χ2n) is 5.58. The van der Waals surface area contributed by atoms with Crippen molar-refractivity contribution in [3.05, 3.63) is 34.3 Å². The van der Waals surface area contributed by atoms with E-state index in [0.29, 0.717) is 25.8 Å². The van der Waals surface area contributed by atoms with Gasteiger partial charge in [0.25, 0.3) is 0 Å². The van der Waals surface area contributed by atoms with Gasteiger partial charge in [0.15, 0.2) is 0 Å². The van der Waals surface area contributed by atoms with Crippen LogP contribution in [-0.2, 0) is 22.3 Å². The summed E-state index contributed by atoms with van der Waals surface area (Å²) in [6, 6.07) is 2.99. The Morgan fingerprint density at radius 1 is 1.42 bits per heavy atom. The molecule has 0 spiro atoms. The average Bonchev–Trinajstić information content (AvgIpc) is 2.52. The zero-order valence-corrected chi connectivity index (χ0v) is 13.9. The Morgan fingerprint density at radius 2 is 2.12 bits per heavy atom. The second kappa shape index (κ2) is 7.42. The molecular formula is C16H18ClF3N2O2. The Labute approximate surface area is 143 Å². The van der Waals surface area contributed by atoms with Crippen LogP contribution in [0, 0.1) is 0 Å². The number of nitrogens with one attached hydrogen (secondary N) is 1. The van der Waals surface area contributed by atoms with Crippen LogP contribution >= 0.6 is 11.6 Å². The van der Waals surface area contributed by atoms with Crippen LogP contribution in [0.25, 0.3) is 0 Å². The predicted octanol–water partition coefficient (Wildman–Crippen LogP) is 3.38. The largest absolute Gasteiger partial charge is 0.417 e. The molecule has 1 aromatic carbocycles. The number of benzene rings is 1.